The molecule has 0 amide bonds. The predicted octanol–water partition coefficient (Wildman–Crippen LogP) is 4.06. The molecule has 1 heterocycles. The SMILES string of the molecule is CC(C)c1ccc(CC2(O)CC(C)(C)OC2(C)C)cc1. The van der Waals surface area contributed by atoms with E-state index >= 15 is 0 Å². The maximum Gasteiger partial charge on any atom is 0.0998 e. The molecule has 1 atom stereocenters. The first kappa shape index (κ1) is 15.5. The third kappa shape index (κ3) is 2.91. The Morgan fingerprint density at radius 3 is 2.05 bits per heavy atom. The Hall–Kier alpha value is -0.860. The van der Waals surface area contributed by atoms with Gasteiger partial charge < -0.3 is 9.84 Å². The monoisotopic (exact) mass is 276 g/mol. The molecule has 2 rings (SSSR count). The summed E-state index contributed by atoms with van der Waals surface area (Å²) in [4.78, 5) is 0. The molecule has 0 radical (unpaired) electrons. The highest BCUT2D eigenvalue weighted by Gasteiger charge is 2.56. The maximum absolute atomic E-state index is 11.1. The Labute approximate surface area is 123 Å². The number of benzene rings is 1. The van der Waals surface area contributed by atoms with Gasteiger partial charge in [-0.25, -0.2) is 0 Å². The van der Waals surface area contributed by atoms with E-state index in [4.69, 9.17) is 4.74 Å². The molecule has 1 unspecified atom stereocenters. The molecule has 2 heteroatoms. The summed E-state index contributed by atoms with van der Waals surface area (Å²) in [5, 5.41) is 11.1. The smallest absolute Gasteiger partial charge is 0.0998 e. The van der Waals surface area contributed by atoms with Crippen molar-refractivity contribution < 1.29 is 9.84 Å². The largest absolute Gasteiger partial charge is 0.386 e. The molecule has 1 aliphatic heterocycles. The van der Waals surface area contributed by atoms with Crippen molar-refractivity contribution in [3.63, 3.8) is 0 Å². The van der Waals surface area contributed by atoms with Crippen LogP contribution in [0.3, 0.4) is 0 Å². The fourth-order valence-corrected chi connectivity index (χ4v) is 3.37. The van der Waals surface area contributed by atoms with Gasteiger partial charge in [0.2, 0.25) is 0 Å². The summed E-state index contributed by atoms with van der Waals surface area (Å²) in [6, 6.07) is 8.60. The van der Waals surface area contributed by atoms with Crippen LogP contribution in [-0.4, -0.2) is 21.9 Å². The Kier molecular flexibility index (Phi) is 3.77. The Balaban J connectivity index is 2.20. The van der Waals surface area contributed by atoms with Gasteiger partial charge in [-0.2, -0.15) is 0 Å². The average molecular weight is 276 g/mol. The first-order valence-electron chi connectivity index (χ1n) is 7.56. The fourth-order valence-electron chi connectivity index (χ4n) is 3.37. The quantitative estimate of drug-likeness (QED) is 0.902. The van der Waals surface area contributed by atoms with Crippen LogP contribution < -0.4 is 0 Å². The number of aliphatic hydroxyl groups is 1. The minimum Gasteiger partial charge on any atom is -0.386 e. The van der Waals surface area contributed by atoms with Gasteiger partial charge in [0.1, 0.15) is 0 Å². The Morgan fingerprint density at radius 2 is 1.65 bits per heavy atom. The van der Waals surface area contributed by atoms with Crippen molar-refractivity contribution in [1.29, 1.82) is 0 Å². The number of ether oxygens (including phenoxy) is 1. The molecule has 0 aromatic heterocycles. The van der Waals surface area contributed by atoms with E-state index < -0.39 is 11.2 Å². The van der Waals surface area contributed by atoms with Gasteiger partial charge in [0, 0.05) is 12.8 Å². The molecule has 1 fully saturated rings. The lowest BCUT2D eigenvalue weighted by Gasteiger charge is -2.35. The van der Waals surface area contributed by atoms with Crippen molar-refractivity contribution in [2.24, 2.45) is 0 Å². The molecule has 1 aromatic carbocycles. The lowest BCUT2D eigenvalue weighted by Crippen LogP contribution is -2.48. The van der Waals surface area contributed by atoms with E-state index in [1.165, 1.54) is 11.1 Å². The second-order valence-electron chi connectivity index (χ2n) is 7.65. The van der Waals surface area contributed by atoms with Gasteiger partial charge in [-0.1, -0.05) is 38.1 Å². The van der Waals surface area contributed by atoms with Gasteiger partial charge in [0.05, 0.1) is 16.8 Å². The van der Waals surface area contributed by atoms with Crippen molar-refractivity contribution in [2.75, 3.05) is 0 Å². The molecule has 0 spiro atoms. The molecule has 20 heavy (non-hydrogen) atoms. The number of hydrogen-bond donors (Lipinski definition) is 1. The van der Waals surface area contributed by atoms with Crippen molar-refractivity contribution in [1.82, 2.24) is 0 Å². The van der Waals surface area contributed by atoms with E-state index in [-0.39, 0.29) is 5.60 Å². The number of rotatable bonds is 3. The normalized spacial score (nSPS) is 28.0. The molecule has 0 bridgehead atoms. The lowest BCUT2D eigenvalue weighted by atomic mass is 9.78. The predicted molar refractivity (Wildman–Crippen MR) is 83.0 cm³/mol. The second kappa shape index (κ2) is 4.85. The molecule has 2 nitrogen and oxygen atoms in total. The van der Waals surface area contributed by atoms with Crippen molar-refractivity contribution in [3.8, 4) is 0 Å². The summed E-state index contributed by atoms with van der Waals surface area (Å²) in [6.45, 7) is 12.5. The van der Waals surface area contributed by atoms with Crippen LogP contribution in [-0.2, 0) is 11.2 Å². The molecule has 1 aliphatic rings. The first-order chi connectivity index (χ1) is 9.05. The van der Waals surface area contributed by atoms with E-state index in [0.717, 1.165) is 0 Å². The van der Waals surface area contributed by atoms with Crippen LogP contribution in [0.5, 0.6) is 0 Å². The zero-order chi connectivity index (χ0) is 15.2. The molecule has 1 aromatic rings. The Bertz CT molecular complexity index is 471. The molecule has 0 aliphatic carbocycles. The minimum absolute atomic E-state index is 0.268. The summed E-state index contributed by atoms with van der Waals surface area (Å²) in [5.41, 5.74) is 0.911. The molecule has 112 valence electrons. The van der Waals surface area contributed by atoms with Crippen molar-refractivity contribution in [3.05, 3.63) is 35.4 Å². The summed E-state index contributed by atoms with van der Waals surface area (Å²) in [7, 11) is 0. The molecule has 0 saturated carbocycles. The van der Waals surface area contributed by atoms with Gasteiger partial charge in [-0.15, -0.1) is 0 Å². The van der Waals surface area contributed by atoms with E-state index in [9.17, 15) is 5.11 Å². The summed E-state index contributed by atoms with van der Waals surface area (Å²) >= 11 is 0. The summed E-state index contributed by atoms with van der Waals surface area (Å²) < 4.78 is 6.04. The van der Waals surface area contributed by atoms with Gasteiger partial charge >= 0.3 is 0 Å². The van der Waals surface area contributed by atoms with Crippen LogP contribution in [0, 0.1) is 0 Å². The molecular weight excluding hydrogens is 248 g/mol. The molecular formula is C18H28O2. The Morgan fingerprint density at radius 1 is 1.10 bits per heavy atom. The average Bonchev–Trinajstić information content (AvgIpc) is 2.42. The van der Waals surface area contributed by atoms with E-state index in [2.05, 4.69) is 52.0 Å². The minimum atomic E-state index is -0.810. The maximum atomic E-state index is 11.1. The molecule has 1 N–H and O–H groups in total. The zero-order valence-electron chi connectivity index (χ0n) is 13.7. The van der Waals surface area contributed by atoms with E-state index in [0.29, 0.717) is 18.8 Å². The van der Waals surface area contributed by atoms with Gasteiger partial charge in [0.15, 0.2) is 0 Å². The highest BCUT2D eigenvalue weighted by atomic mass is 16.5. The topological polar surface area (TPSA) is 29.5 Å². The highest BCUT2D eigenvalue weighted by molar-refractivity contribution is 5.27. The third-order valence-corrected chi connectivity index (χ3v) is 4.51. The summed E-state index contributed by atoms with van der Waals surface area (Å²) in [5.74, 6) is 0.539. The van der Waals surface area contributed by atoms with E-state index in [1.807, 2.05) is 13.8 Å². The van der Waals surface area contributed by atoms with Gasteiger partial charge in [-0.3, -0.25) is 0 Å². The van der Waals surface area contributed by atoms with Crippen LogP contribution in [0.4, 0.5) is 0 Å². The number of hydrogen-bond acceptors (Lipinski definition) is 2. The van der Waals surface area contributed by atoms with Gasteiger partial charge in [0.25, 0.3) is 0 Å². The van der Waals surface area contributed by atoms with Crippen molar-refractivity contribution in [2.45, 2.75) is 77.1 Å². The first-order valence-corrected chi connectivity index (χ1v) is 7.56. The summed E-state index contributed by atoms with van der Waals surface area (Å²) in [6.07, 6.45) is 1.31. The second-order valence-corrected chi connectivity index (χ2v) is 7.65. The van der Waals surface area contributed by atoms with Crippen LogP contribution in [0.2, 0.25) is 0 Å². The lowest BCUT2D eigenvalue weighted by molar-refractivity contribution is -0.125. The third-order valence-electron chi connectivity index (χ3n) is 4.51. The molecule has 1 saturated heterocycles. The van der Waals surface area contributed by atoms with Crippen molar-refractivity contribution >= 4 is 0 Å². The zero-order valence-corrected chi connectivity index (χ0v) is 13.7. The standard InChI is InChI=1S/C18H28O2/c1-13(2)15-9-7-14(8-10-15)11-18(19)12-16(3,4)20-17(18,5)6/h7-10,13,19H,11-12H2,1-6H3. The van der Waals surface area contributed by atoms with Crippen LogP contribution in [0.25, 0.3) is 0 Å². The fraction of sp³-hybridized carbons (Fsp3) is 0.667. The van der Waals surface area contributed by atoms with Gasteiger partial charge in [-0.05, 0) is 44.7 Å². The van der Waals surface area contributed by atoms with Crippen LogP contribution >= 0.6 is 0 Å². The van der Waals surface area contributed by atoms with E-state index in [1.54, 1.807) is 0 Å². The van der Waals surface area contributed by atoms with Crippen LogP contribution in [0.1, 0.15) is 65.0 Å². The highest BCUT2D eigenvalue weighted by Crippen LogP contribution is 2.46. The van der Waals surface area contributed by atoms with Crippen LogP contribution in [0.15, 0.2) is 24.3 Å².